The van der Waals surface area contributed by atoms with Crippen molar-refractivity contribution in [3.8, 4) is 5.75 Å². The van der Waals surface area contributed by atoms with Crippen molar-refractivity contribution in [2.45, 2.75) is 18.9 Å². The molecule has 1 aliphatic heterocycles. The van der Waals surface area contributed by atoms with Gasteiger partial charge in [-0.3, -0.25) is 19.3 Å². The maximum Gasteiger partial charge on any atom is 0.326 e. The molecule has 1 heterocycles. The van der Waals surface area contributed by atoms with Crippen LogP contribution in [0.2, 0.25) is 0 Å². The summed E-state index contributed by atoms with van der Waals surface area (Å²) in [4.78, 5) is 48.2. The van der Waals surface area contributed by atoms with Crippen LogP contribution in [0.3, 0.4) is 0 Å². The Morgan fingerprint density at radius 1 is 1.34 bits per heavy atom. The topological polar surface area (TPSA) is 139 Å². The monoisotopic (exact) mass is 437 g/mol. The Balaban J connectivity index is 1.97. The summed E-state index contributed by atoms with van der Waals surface area (Å²) >= 11 is 6.33. The van der Waals surface area contributed by atoms with Gasteiger partial charge in [0.2, 0.25) is 11.8 Å². The quantitative estimate of drug-likeness (QED) is 0.380. The molecule has 1 aromatic carbocycles. The molecule has 1 unspecified atom stereocenters. The molecule has 0 saturated carbocycles. The van der Waals surface area contributed by atoms with Crippen LogP contribution in [0.1, 0.15) is 18.4 Å². The maximum absolute atomic E-state index is 12.6. The molecule has 11 heteroatoms. The largest absolute Gasteiger partial charge is 0.497 e. The first-order valence-electron chi connectivity index (χ1n) is 8.41. The first-order valence-corrected chi connectivity index (χ1v) is 9.63. The van der Waals surface area contributed by atoms with Crippen LogP contribution >= 0.6 is 24.0 Å². The minimum Gasteiger partial charge on any atom is -0.497 e. The van der Waals surface area contributed by atoms with Crippen LogP contribution in [0.5, 0.6) is 5.75 Å². The molecule has 0 radical (unpaired) electrons. The van der Waals surface area contributed by atoms with Gasteiger partial charge in [0.05, 0.1) is 18.4 Å². The number of methoxy groups -OCH3 is 1. The summed E-state index contributed by atoms with van der Waals surface area (Å²) in [6.45, 7) is -0.0145. The van der Waals surface area contributed by atoms with Crippen molar-refractivity contribution in [3.05, 3.63) is 34.7 Å². The number of carbonyl (C=O) groups is 4. The third-order valence-electron chi connectivity index (χ3n) is 3.89. The van der Waals surface area contributed by atoms with Crippen LogP contribution in [0.25, 0.3) is 6.08 Å². The summed E-state index contributed by atoms with van der Waals surface area (Å²) in [6.07, 6.45) is 0.990. The van der Waals surface area contributed by atoms with E-state index in [-0.39, 0.29) is 18.9 Å². The number of nitrogens with zero attached hydrogens (tertiary/aromatic N) is 1. The second kappa shape index (κ2) is 10.0. The van der Waals surface area contributed by atoms with E-state index < -0.39 is 30.2 Å². The van der Waals surface area contributed by atoms with Crippen LogP contribution in [0, 0.1) is 0 Å². The second-order valence-electron chi connectivity index (χ2n) is 5.99. The number of hydrogen-bond acceptors (Lipinski definition) is 7. The molecule has 3 amide bonds. The van der Waals surface area contributed by atoms with Gasteiger partial charge in [-0.1, -0.05) is 36.1 Å². The number of carboxylic acid groups (broad SMARTS) is 1. The fourth-order valence-corrected chi connectivity index (χ4v) is 3.73. The van der Waals surface area contributed by atoms with Crippen molar-refractivity contribution < 1.29 is 29.0 Å². The van der Waals surface area contributed by atoms with Crippen molar-refractivity contribution >= 4 is 58.1 Å². The lowest BCUT2D eigenvalue weighted by atomic mass is 10.2. The van der Waals surface area contributed by atoms with Crippen molar-refractivity contribution in [3.63, 3.8) is 0 Å². The smallest absolute Gasteiger partial charge is 0.326 e. The maximum atomic E-state index is 12.6. The highest BCUT2D eigenvalue weighted by atomic mass is 32.2. The lowest BCUT2D eigenvalue weighted by molar-refractivity contribution is -0.143. The van der Waals surface area contributed by atoms with E-state index in [0.717, 1.165) is 17.3 Å². The fourth-order valence-electron chi connectivity index (χ4n) is 2.43. The van der Waals surface area contributed by atoms with E-state index in [1.807, 2.05) is 0 Å². The van der Waals surface area contributed by atoms with E-state index in [9.17, 15) is 19.2 Å². The number of amides is 3. The van der Waals surface area contributed by atoms with Gasteiger partial charge in [0.25, 0.3) is 5.91 Å². The molecule has 1 atom stereocenters. The summed E-state index contributed by atoms with van der Waals surface area (Å²) < 4.78 is 5.39. The summed E-state index contributed by atoms with van der Waals surface area (Å²) in [5.74, 6) is -2.50. The number of carbonyl (C=O) groups excluding carboxylic acids is 3. The van der Waals surface area contributed by atoms with Crippen LogP contribution in [0.15, 0.2) is 29.2 Å². The van der Waals surface area contributed by atoms with Gasteiger partial charge in [-0.25, -0.2) is 4.79 Å². The number of nitrogens with two attached hydrogens (primary N) is 1. The van der Waals surface area contributed by atoms with Crippen molar-refractivity contribution in [2.75, 3.05) is 13.7 Å². The predicted molar refractivity (Wildman–Crippen MR) is 111 cm³/mol. The Bertz CT molecular complexity index is 869. The third kappa shape index (κ3) is 6.29. The number of aliphatic carboxylic acids is 1. The number of thioether (sulfide) groups is 1. The summed E-state index contributed by atoms with van der Waals surface area (Å²) in [5, 5.41) is 11.2. The number of benzene rings is 1. The molecule has 29 heavy (non-hydrogen) atoms. The molecule has 0 spiro atoms. The Morgan fingerprint density at radius 2 is 2.00 bits per heavy atom. The molecule has 4 N–H and O–H groups in total. The minimum atomic E-state index is -1.42. The van der Waals surface area contributed by atoms with Gasteiger partial charge in [0.1, 0.15) is 16.1 Å². The van der Waals surface area contributed by atoms with Crippen LogP contribution in [-0.2, 0) is 19.2 Å². The average Bonchev–Trinajstić information content (AvgIpc) is 2.92. The van der Waals surface area contributed by atoms with E-state index in [4.69, 9.17) is 27.8 Å². The third-order valence-corrected chi connectivity index (χ3v) is 5.27. The first kappa shape index (κ1) is 22.4. The lowest BCUT2D eigenvalue weighted by Gasteiger charge is -2.16. The van der Waals surface area contributed by atoms with E-state index in [0.29, 0.717) is 15.0 Å². The number of nitrogens with one attached hydrogen (secondary N) is 1. The van der Waals surface area contributed by atoms with Crippen molar-refractivity contribution in [2.24, 2.45) is 5.73 Å². The summed E-state index contributed by atoms with van der Waals surface area (Å²) in [7, 11) is 1.56. The van der Waals surface area contributed by atoms with E-state index >= 15 is 0 Å². The Morgan fingerprint density at radius 3 is 2.55 bits per heavy atom. The number of carboxylic acids is 1. The zero-order chi connectivity index (χ0) is 21.6. The van der Waals surface area contributed by atoms with Gasteiger partial charge in [0.15, 0.2) is 0 Å². The second-order valence-corrected chi connectivity index (χ2v) is 7.66. The molecule has 1 fully saturated rings. The highest BCUT2D eigenvalue weighted by Gasteiger charge is 2.32. The van der Waals surface area contributed by atoms with Crippen molar-refractivity contribution in [1.82, 2.24) is 10.2 Å². The number of ether oxygens (including phenoxy) is 1. The van der Waals surface area contributed by atoms with Crippen LogP contribution in [0.4, 0.5) is 0 Å². The Hall–Kier alpha value is -2.92. The predicted octanol–water partition coefficient (Wildman–Crippen LogP) is 0.731. The zero-order valence-electron chi connectivity index (χ0n) is 15.4. The van der Waals surface area contributed by atoms with E-state index in [1.165, 1.54) is 4.90 Å². The number of hydrogen-bond donors (Lipinski definition) is 3. The summed E-state index contributed by atoms with van der Waals surface area (Å²) in [5.41, 5.74) is 5.76. The van der Waals surface area contributed by atoms with Gasteiger partial charge in [-0.15, -0.1) is 0 Å². The molecule has 1 saturated heterocycles. The van der Waals surface area contributed by atoms with Crippen molar-refractivity contribution in [1.29, 1.82) is 0 Å². The molecule has 1 aliphatic rings. The standard InChI is InChI=1S/C18H19N3O6S2/c1-27-11-4-2-10(3-5-11)8-13-16(24)21(18(28)29-13)7-6-15(23)20-12(17(25)26)9-14(19)22/h2-5,8,12H,6-7,9H2,1H3,(H2,19,22)(H,20,23)(H,25,26)/b13-8+. The molecule has 1 aromatic rings. The van der Waals surface area contributed by atoms with E-state index in [1.54, 1.807) is 37.5 Å². The van der Waals surface area contributed by atoms with Gasteiger partial charge in [0, 0.05) is 13.0 Å². The SMILES string of the molecule is COc1ccc(/C=C2/SC(=S)N(CCC(=O)NC(CC(N)=O)C(=O)O)C2=O)cc1. The zero-order valence-corrected chi connectivity index (χ0v) is 17.0. The Labute approximate surface area is 176 Å². The fraction of sp³-hybridized carbons (Fsp3) is 0.278. The number of primary amides is 1. The number of rotatable bonds is 9. The van der Waals surface area contributed by atoms with E-state index in [2.05, 4.69) is 5.32 Å². The van der Waals surface area contributed by atoms with Gasteiger partial charge < -0.3 is 20.9 Å². The van der Waals surface area contributed by atoms with Crippen LogP contribution < -0.4 is 15.8 Å². The highest BCUT2D eigenvalue weighted by Crippen LogP contribution is 2.32. The molecule has 0 aromatic heterocycles. The van der Waals surface area contributed by atoms with Gasteiger partial charge in [-0.2, -0.15) is 0 Å². The molecule has 9 nitrogen and oxygen atoms in total. The minimum absolute atomic E-state index is 0.0145. The molecule has 2 rings (SSSR count). The van der Waals surface area contributed by atoms with Crippen LogP contribution in [-0.4, -0.2) is 57.7 Å². The highest BCUT2D eigenvalue weighted by molar-refractivity contribution is 8.26. The molecular weight excluding hydrogens is 418 g/mol. The number of thiocarbonyl (C=S) groups is 1. The molecule has 0 bridgehead atoms. The van der Waals surface area contributed by atoms with Gasteiger partial charge >= 0.3 is 5.97 Å². The first-order chi connectivity index (χ1) is 13.7. The Kier molecular flexibility index (Phi) is 7.74. The summed E-state index contributed by atoms with van der Waals surface area (Å²) in [6, 6.07) is 5.71. The molecular formula is C18H19N3O6S2. The van der Waals surface area contributed by atoms with Gasteiger partial charge in [-0.05, 0) is 23.8 Å². The average molecular weight is 437 g/mol. The lowest BCUT2D eigenvalue weighted by Crippen LogP contribution is -2.44. The normalized spacial score (nSPS) is 16.0. The molecule has 0 aliphatic carbocycles. The molecule has 154 valence electrons.